The summed E-state index contributed by atoms with van der Waals surface area (Å²) in [6.45, 7) is 3.92. The molecule has 0 amide bonds. The second-order valence-corrected chi connectivity index (χ2v) is 6.90. The molecule has 0 saturated carbocycles. The third-order valence-corrected chi connectivity index (χ3v) is 4.80. The molecule has 2 N–H and O–H groups in total. The van der Waals surface area contributed by atoms with Crippen LogP contribution in [0.4, 0.5) is 0 Å². The Balaban J connectivity index is 1.65. The summed E-state index contributed by atoms with van der Waals surface area (Å²) >= 11 is 1.84. The van der Waals surface area contributed by atoms with E-state index in [1.807, 2.05) is 11.3 Å². The lowest BCUT2D eigenvalue weighted by molar-refractivity contribution is 0.238. The first-order chi connectivity index (χ1) is 10.2. The quantitative estimate of drug-likeness (QED) is 0.881. The van der Waals surface area contributed by atoms with Crippen molar-refractivity contribution in [3.8, 4) is 0 Å². The van der Waals surface area contributed by atoms with E-state index >= 15 is 0 Å². The number of rotatable bonds is 5. The van der Waals surface area contributed by atoms with E-state index in [0.29, 0.717) is 0 Å². The first-order valence-corrected chi connectivity index (χ1v) is 8.13. The maximum atomic E-state index is 9.34. The fraction of sp³-hybridized carbons (Fsp3) is 0.533. The molecule has 2 aromatic heterocycles. The predicted molar refractivity (Wildman–Crippen MR) is 84.0 cm³/mol. The van der Waals surface area contributed by atoms with Crippen LogP contribution in [-0.2, 0) is 32.7 Å². The van der Waals surface area contributed by atoms with E-state index in [9.17, 15) is 5.11 Å². The zero-order valence-electron chi connectivity index (χ0n) is 12.6. The number of thiophene rings is 1. The highest BCUT2D eigenvalue weighted by molar-refractivity contribution is 7.10. The minimum atomic E-state index is 0.0195. The van der Waals surface area contributed by atoms with Gasteiger partial charge in [0.05, 0.1) is 12.3 Å². The topological polar surface area (TPSA) is 55.4 Å². The standard InChI is InChI=1S/C15H22N4OS/c1-18(2)6-11-5-12(21-10-11)7-19-4-3-14-13(8-19)15(9-20)17-16-14/h5,10,20H,3-4,6-9H2,1-2H3,(H,16,17). The van der Waals surface area contributed by atoms with Gasteiger partial charge in [-0.3, -0.25) is 10.00 Å². The highest BCUT2D eigenvalue weighted by Gasteiger charge is 2.21. The average Bonchev–Trinajstić information content (AvgIpc) is 3.04. The first-order valence-electron chi connectivity index (χ1n) is 7.25. The zero-order chi connectivity index (χ0) is 14.8. The molecule has 3 heterocycles. The van der Waals surface area contributed by atoms with Gasteiger partial charge in [0.15, 0.2) is 0 Å². The van der Waals surface area contributed by atoms with Crippen LogP contribution < -0.4 is 0 Å². The minimum absolute atomic E-state index is 0.0195. The number of aliphatic hydroxyl groups is 1. The van der Waals surface area contributed by atoms with Gasteiger partial charge in [-0.05, 0) is 31.1 Å². The molecule has 0 unspecified atom stereocenters. The van der Waals surface area contributed by atoms with E-state index in [0.717, 1.165) is 38.3 Å². The highest BCUT2D eigenvalue weighted by atomic mass is 32.1. The first kappa shape index (κ1) is 14.7. The maximum Gasteiger partial charge on any atom is 0.0924 e. The van der Waals surface area contributed by atoms with Gasteiger partial charge in [-0.2, -0.15) is 5.10 Å². The number of aromatic amines is 1. The molecule has 0 atom stereocenters. The largest absolute Gasteiger partial charge is 0.390 e. The van der Waals surface area contributed by atoms with Gasteiger partial charge in [0.25, 0.3) is 0 Å². The second-order valence-electron chi connectivity index (χ2n) is 5.91. The molecule has 0 fully saturated rings. The van der Waals surface area contributed by atoms with Crippen LogP contribution in [0.15, 0.2) is 11.4 Å². The molecule has 0 saturated heterocycles. The van der Waals surface area contributed by atoms with E-state index in [2.05, 4.69) is 45.5 Å². The van der Waals surface area contributed by atoms with Crippen molar-refractivity contribution in [1.29, 1.82) is 0 Å². The summed E-state index contributed by atoms with van der Waals surface area (Å²) in [4.78, 5) is 6.03. The molecule has 1 aliphatic rings. The summed E-state index contributed by atoms with van der Waals surface area (Å²) < 4.78 is 0. The van der Waals surface area contributed by atoms with Crippen molar-refractivity contribution in [3.63, 3.8) is 0 Å². The van der Waals surface area contributed by atoms with Crippen molar-refractivity contribution >= 4 is 11.3 Å². The summed E-state index contributed by atoms with van der Waals surface area (Å²) in [6, 6.07) is 2.31. The average molecular weight is 306 g/mol. The lowest BCUT2D eigenvalue weighted by atomic mass is 10.1. The number of H-pyrrole nitrogens is 1. The number of hydrogen-bond donors (Lipinski definition) is 2. The number of aromatic nitrogens is 2. The Kier molecular flexibility index (Phi) is 4.40. The molecule has 3 rings (SSSR count). The minimum Gasteiger partial charge on any atom is -0.390 e. The number of nitrogens with zero attached hydrogens (tertiary/aromatic N) is 3. The third kappa shape index (κ3) is 3.35. The Morgan fingerprint density at radius 1 is 1.48 bits per heavy atom. The normalized spacial score (nSPS) is 15.6. The Bertz CT molecular complexity index is 591. The van der Waals surface area contributed by atoms with Crippen LogP contribution in [0.1, 0.15) is 27.4 Å². The van der Waals surface area contributed by atoms with Crippen LogP contribution in [0.25, 0.3) is 0 Å². The zero-order valence-corrected chi connectivity index (χ0v) is 13.4. The summed E-state index contributed by atoms with van der Waals surface area (Å²) in [5.74, 6) is 0. The summed E-state index contributed by atoms with van der Waals surface area (Å²) in [6.07, 6.45) is 0.984. The predicted octanol–water partition coefficient (Wildman–Crippen LogP) is 1.58. The van der Waals surface area contributed by atoms with E-state index in [4.69, 9.17) is 0 Å². The fourth-order valence-electron chi connectivity index (χ4n) is 2.85. The molecule has 0 radical (unpaired) electrons. The molecule has 0 bridgehead atoms. The molecule has 6 heteroatoms. The van der Waals surface area contributed by atoms with Gasteiger partial charge in [0.2, 0.25) is 0 Å². The van der Waals surface area contributed by atoms with Gasteiger partial charge in [0, 0.05) is 48.7 Å². The van der Waals surface area contributed by atoms with Crippen molar-refractivity contribution in [2.24, 2.45) is 0 Å². The number of nitrogens with one attached hydrogen (secondary N) is 1. The van der Waals surface area contributed by atoms with Gasteiger partial charge < -0.3 is 10.0 Å². The van der Waals surface area contributed by atoms with Crippen molar-refractivity contribution in [3.05, 3.63) is 38.8 Å². The fourth-order valence-corrected chi connectivity index (χ4v) is 3.78. The van der Waals surface area contributed by atoms with Gasteiger partial charge >= 0.3 is 0 Å². The molecule has 21 heavy (non-hydrogen) atoms. The lowest BCUT2D eigenvalue weighted by Gasteiger charge is -2.26. The van der Waals surface area contributed by atoms with E-state index in [-0.39, 0.29) is 6.61 Å². The molecule has 0 aliphatic carbocycles. The summed E-state index contributed by atoms with van der Waals surface area (Å²) in [5, 5.41) is 18.8. The number of aliphatic hydroxyl groups excluding tert-OH is 1. The van der Waals surface area contributed by atoms with Crippen LogP contribution >= 0.6 is 11.3 Å². The highest BCUT2D eigenvalue weighted by Crippen LogP contribution is 2.24. The van der Waals surface area contributed by atoms with Crippen molar-refractivity contribution in [2.45, 2.75) is 32.7 Å². The number of hydrogen-bond acceptors (Lipinski definition) is 5. The van der Waals surface area contributed by atoms with Crippen LogP contribution in [0.3, 0.4) is 0 Å². The SMILES string of the molecule is CN(C)Cc1csc(CN2CCc3[nH]nc(CO)c3C2)c1. The Morgan fingerprint density at radius 2 is 2.33 bits per heavy atom. The molecular weight excluding hydrogens is 284 g/mol. The van der Waals surface area contributed by atoms with Crippen molar-refractivity contribution in [1.82, 2.24) is 20.0 Å². The molecule has 2 aromatic rings. The van der Waals surface area contributed by atoms with Crippen LogP contribution in [0.2, 0.25) is 0 Å². The summed E-state index contributed by atoms with van der Waals surface area (Å²) in [5.41, 5.74) is 4.56. The monoisotopic (exact) mass is 306 g/mol. The molecule has 0 spiro atoms. The van der Waals surface area contributed by atoms with Crippen LogP contribution in [-0.4, -0.2) is 45.7 Å². The van der Waals surface area contributed by atoms with E-state index in [1.54, 1.807) is 0 Å². The van der Waals surface area contributed by atoms with Gasteiger partial charge in [0.1, 0.15) is 0 Å². The van der Waals surface area contributed by atoms with Crippen molar-refractivity contribution in [2.75, 3.05) is 20.6 Å². The maximum absolute atomic E-state index is 9.34. The van der Waals surface area contributed by atoms with Gasteiger partial charge in [-0.25, -0.2) is 0 Å². The Morgan fingerprint density at radius 3 is 3.10 bits per heavy atom. The summed E-state index contributed by atoms with van der Waals surface area (Å²) in [7, 11) is 4.19. The Hall–Kier alpha value is -1.21. The third-order valence-electron chi connectivity index (χ3n) is 3.83. The van der Waals surface area contributed by atoms with Gasteiger partial charge in [-0.1, -0.05) is 0 Å². The molecule has 1 aliphatic heterocycles. The molecular formula is C15H22N4OS. The van der Waals surface area contributed by atoms with Crippen LogP contribution in [0.5, 0.6) is 0 Å². The van der Waals surface area contributed by atoms with Crippen LogP contribution in [0, 0.1) is 0 Å². The van der Waals surface area contributed by atoms with Crippen molar-refractivity contribution < 1.29 is 5.11 Å². The Labute approximate surface area is 129 Å². The lowest BCUT2D eigenvalue weighted by Crippen LogP contribution is -2.29. The molecule has 0 aromatic carbocycles. The smallest absolute Gasteiger partial charge is 0.0924 e. The molecule has 114 valence electrons. The number of fused-ring (bicyclic) bond motifs is 1. The van der Waals surface area contributed by atoms with E-state index < -0.39 is 0 Å². The van der Waals surface area contributed by atoms with E-state index in [1.165, 1.54) is 21.7 Å². The second kappa shape index (κ2) is 6.27. The molecule has 5 nitrogen and oxygen atoms in total. The van der Waals surface area contributed by atoms with Gasteiger partial charge in [-0.15, -0.1) is 11.3 Å².